The zero-order valence-corrected chi connectivity index (χ0v) is 16.7. The summed E-state index contributed by atoms with van der Waals surface area (Å²) in [5.41, 5.74) is 2.03. The summed E-state index contributed by atoms with van der Waals surface area (Å²) < 4.78 is 5.13. The van der Waals surface area contributed by atoms with Crippen LogP contribution in [-0.2, 0) is 19.1 Å². The molecule has 0 aliphatic heterocycles. The minimum absolute atomic E-state index is 0.175. The average Bonchev–Trinajstić information content (AvgIpc) is 2.67. The molecule has 2 amide bonds. The topological polar surface area (TPSA) is 84.5 Å². The van der Waals surface area contributed by atoms with E-state index in [9.17, 15) is 14.4 Å². The van der Waals surface area contributed by atoms with Gasteiger partial charge in [0.25, 0.3) is 5.91 Å². The number of esters is 1. The van der Waals surface area contributed by atoms with E-state index >= 15 is 0 Å². The molecule has 0 aliphatic carbocycles. The summed E-state index contributed by atoms with van der Waals surface area (Å²) in [7, 11) is 0. The van der Waals surface area contributed by atoms with Gasteiger partial charge >= 0.3 is 5.97 Å². The Morgan fingerprint density at radius 2 is 1.54 bits per heavy atom. The van der Waals surface area contributed by atoms with E-state index in [2.05, 4.69) is 10.6 Å². The lowest BCUT2D eigenvalue weighted by molar-refractivity contribution is -0.148. The number of benzene rings is 2. The van der Waals surface area contributed by atoms with Crippen molar-refractivity contribution in [3.05, 3.63) is 60.2 Å². The van der Waals surface area contributed by atoms with Gasteiger partial charge < -0.3 is 15.4 Å². The summed E-state index contributed by atoms with van der Waals surface area (Å²) in [6.07, 6.45) is 3.97. The molecule has 6 nitrogen and oxygen atoms in total. The summed E-state index contributed by atoms with van der Waals surface area (Å²) in [6, 6.07) is 14.3. The molecule has 2 aromatic carbocycles. The third kappa shape index (κ3) is 6.92. The van der Waals surface area contributed by atoms with E-state index in [1.54, 1.807) is 42.1 Å². The fourth-order valence-electron chi connectivity index (χ4n) is 2.23. The van der Waals surface area contributed by atoms with Crippen LogP contribution in [0.25, 0.3) is 6.08 Å². The Morgan fingerprint density at radius 1 is 0.964 bits per heavy atom. The fraction of sp³-hybridized carbons (Fsp3) is 0.190. The Balaban J connectivity index is 1.85. The van der Waals surface area contributed by atoms with Crippen molar-refractivity contribution in [3.63, 3.8) is 0 Å². The second kappa shape index (κ2) is 10.3. The molecule has 2 aromatic rings. The van der Waals surface area contributed by atoms with Crippen LogP contribution in [0.3, 0.4) is 0 Å². The third-order valence-electron chi connectivity index (χ3n) is 3.66. The molecule has 0 saturated carbocycles. The molecule has 146 valence electrons. The van der Waals surface area contributed by atoms with Gasteiger partial charge in [-0.25, -0.2) is 4.79 Å². The first kappa shape index (κ1) is 21.2. The van der Waals surface area contributed by atoms with Crippen molar-refractivity contribution in [3.8, 4) is 0 Å². The number of thioether (sulfide) groups is 1. The predicted molar refractivity (Wildman–Crippen MR) is 112 cm³/mol. The molecule has 1 atom stereocenters. The molecule has 0 fully saturated rings. The quantitative estimate of drug-likeness (QED) is 0.419. The van der Waals surface area contributed by atoms with Crippen molar-refractivity contribution in [1.29, 1.82) is 0 Å². The van der Waals surface area contributed by atoms with Gasteiger partial charge in [0.1, 0.15) is 0 Å². The highest BCUT2D eigenvalue weighted by Gasteiger charge is 2.16. The first-order valence-electron chi connectivity index (χ1n) is 8.58. The van der Waals surface area contributed by atoms with Crippen molar-refractivity contribution in [2.75, 3.05) is 16.9 Å². The van der Waals surface area contributed by atoms with Crippen molar-refractivity contribution in [2.45, 2.75) is 24.8 Å². The first-order chi connectivity index (χ1) is 13.4. The van der Waals surface area contributed by atoms with Crippen LogP contribution in [0.15, 0.2) is 59.5 Å². The van der Waals surface area contributed by atoms with Crippen LogP contribution < -0.4 is 10.6 Å². The normalized spacial score (nSPS) is 11.7. The molecule has 0 bridgehead atoms. The summed E-state index contributed by atoms with van der Waals surface area (Å²) in [5, 5.41) is 5.30. The molecule has 0 aromatic heterocycles. The Hall–Kier alpha value is -3.06. The minimum Gasteiger partial charge on any atom is -0.449 e. The number of carbonyl (C=O) groups excluding carboxylic acids is 3. The fourth-order valence-corrected chi connectivity index (χ4v) is 2.64. The minimum atomic E-state index is -0.953. The zero-order valence-electron chi connectivity index (χ0n) is 15.9. The molecule has 0 heterocycles. The maximum Gasteiger partial charge on any atom is 0.331 e. The molecule has 0 radical (unpaired) electrons. The van der Waals surface area contributed by atoms with Crippen LogP contribution >= 0.6 is 11.8 Å². The molecule has 0 spiro atoms. The maximum absolute atomic E-state index is 12.2. The van der Waals surface area contributed by atoms with E-state index in [0.29, 0.717) is 11.4 Å². The molecule has 7 heteroatoms. The van der Waals surface area contributed by atoms with Gasteiger partial charge in [-0.3, -0.25) is 9.59 Å². The lowest BCUT2D eigenvalue weighted by Gasteiger charge is -2.12. The molecule has 0 aliphatic rings. The lowest BCUT2D eigenvalue weighted by atomic mass is 10.2. The van der Waals surface area contributed by atoms with Gasteiger partial charge in [-0.2, -0.15) is 0 Å². The number of anilines is 2. The second-order valence-corrected chi connectivity index (χ2v) is 6.81. The van der Waals surface area contributed by atoms with Gasteiger partial charge in [0.05, 0.1) is 0 Å². The highest BCUT2D eigenvalue weighted by molar-refractivity contribution is 7.98. The van der Waals surface area contributed by atoms with Crippen LogP contribution in [0.5, 0.6) is 0 Å². The highest BCUT2D eigenvalue weighted by Crippen LogP contribution is 2.16. The van der Waals surface area contributed by atoms with Crippen LogP contribution in [0.1, 0.15) is 19.4 Å². The molecule has 0 unspecified atom stereocenters. The van der Waals surface area contributed by atoms with Gasteiger partial charge in [-0.1, -0.05) is 12.1 Å². The highest BCUT2D eigenvalue weighted by atomic mass is 32.2. The van der Waals surface area contributed by atoms with E-state index < -0.39 is 18.0 Å². The van der Waals surface area contributed by atoms with E-state index in [4.69, 9.17) is 4.74 Å². The van der Waals surface area contributed by atoms with E-state index in [-0.39, 0.29) is 5.91 Å². The van der Waals surface area contributed by atoms with Crippen LogP contribution in [0, 0.1) is 0 Å². The summed E-state index contributed by atoms with van der Waals surface area (Å²) in [4.78, 5) is 36.2. The standard InChI is InChI=1S/C21H22N2O4S/c1-14(21(26)23-18-9-7-17(8-10-18)22-15(2)24)27-20(25)13-6-16-4-11-19(28-3)12-5-16/h4-14H,1-3H3,(H,22,24)(H,23,26)/b13-6+/t14-/m1/s1. The summed E-state index contributed by atoms with van der Waals surface area (Å²) >= 11 is 1.64. The molecular formula is C21H22N2O4S. The van der Waals surface area contributed by atoms with Crippen LogP contribution in [0.2, 0.25) is 0 Å². The maximum atomic E-state index is 12.2. The predicted octanol–water partition coefficient (Wildman–Crippen LogP) is 3.95. The smallest absolute Gasteiger partial charge is 0.331 e. The Kier molecular flexibility index (Phi) is 7.83. The van der Waals surface area contributed by atoms with Crippen LogP contribution in [-0.4, -0.2) is 30.1 Å². The van der Waals surface area contributed by atoms with E-state index in [0.717, 1.165) is 10.5 Å². The molecule has 28 heavy (non-hydrogen) atoms. The zero-order chi connectivity index (χ0) is 20.5. The number of carbonyl (C=O) groups is 3. The number of hydrogen-bond acceptors (Lipinski definition) is 5. The van der Waals surface area contributed by atoms with Crippen LogP contribution in [0.4, 0.5) is 11.4 Å². The number of hydrogen-bond donors (Lipinski definition) is 2. The Morgan fingerprint density at radius 3 is 2.07 bits per heavy atom. The Bertz CT molecular complexity index is 861. The monoisotopic (exact) mass is 398 g/mol. The number of amides is 2. The van der Waals surface area contributed by atoms with Crippen molar-refractivity contribution < 1.29 is 19.1 Å². The summed E-state index contributed by atoms with van der Waals surface area (Å²) in [5.74, 6) is -1.22. The van der Waals surface area contributed by atoms with Gasteiger partial charge in [-0.15, -0.1) is 11.8 Å². The van der Waals surface area contributed by atoms with E-state index in [1.165, 1.54) is 19.9 Å². The average molecular weight is 398 g/mol. The lowest BCUT2D eigenvalue weighted by Crippen LogP contribution is -2.29. The SMILES string of the molecule is CSc1ccc(/C=C/C(=O)O[C@H](C)C(=O)Nc2ccc(NC(C)=O)cc2)cc1. The Labute approximate surface area is 168 Å². The molecule has 2 rings (SSSR count). The van der Waals surface area contributed by atoms with Gasteiger partial charge in [0.2, 0.25) is 5.91 Å². The number of nitrogens with one attached hydrogen (secondary N) is 2. The number of rotatable bonds is 7. The molecule has 2 N–H and O–H groups in total. The van der Waals surface area contributed by atoms with Gasteiger partial charge in [-0.05, 0) is 61.2 Å². The molecular weight excluding hydrogens is 376 g/mol. The largest absolute Gasteiger partial charge is 0.449 e. The first-order valence-corrected chi connectivity index (χ1v) is 9.81. The van der Waals surface area contributed by atoms with Crippen molar-refractivity contribution in [1.82, 2.24) is 0 Å². The third-order valence-corrected chi connectivity index (χ3v) is 4.41. The molecule has 0 saturated heterocycles. The van der Waals surface area contributed by atoms with Gasteiger partial charge in [0, 0.05) is 29.3 Å². The second-order valence-electron chi connectivity index (χ2n) is 5.93. The van der Waals surface area contributed by atoms with Gasteiger partial charge in [0.15, 0.2) is 6.10 Å². The number of ether oxygens (including phenoxy) is 1. The van der Waals surface area contributed by atoms with E-state index in [1.807, 2.05) is 30.5 Å². The van der Waals surface area contributed by atoms with Crippen molar-refractivity contribution >= 4 is 47.0 Å². The van der Waals surface area contributed by atoms with Crippen molar-refractivity contribution in [2.24, 2.45) is 0 Å². The summed E-state index contributed by atoms with van der Waals surface area (Å²) in [6.45, 7) is 2.92.